The lowest BCUT2D eigenvalue weighted by Gasteiger charge is -2.38. The first-order chi connectivity index (χ1) is 9.29. The number of hydrogen-bond donors (Lipinski definition) is 1. The predicted molar refractivity (Wildman–Crippen MR) is 69.8 cm³/mol. The zero-order valence-electron chi connectivity index (χ0n) is 11.8. The van der Waals surface area contributed by atoms with E-state index in [9.17, 15) is 18.0 Å². The molecule has 1 amide bonds. The molecular formula is C14H23F3N2O. The van der Waals surface area contributed by atoms with Crippen LogP contribution in [0, 0.1) is 17.8 Å². The summed E-state index contributed by atoms with van der Waals surface area (Å²) in [7, 11) is 0. The van der Waals surface area contributed by atoms with Gasteiger partial charge in [-0.1, -0.05) is 6.92 Å². The molecule has 2 fully saturated rings. The number of nitrogens with two attached hydrogens (primary N) is 1. The predicted octanol–water partition coefficient (Wildman–Crippen LogP) is 2.55. The SMILES string of the molecule is CC1CC(N)CCC1C(=O)N1CCC(C(F)(F)F)CC1. The van der Waals surface area contributed by atoms with Crippen LogP contribution in [0.15, 0.2) is 0 Å². The Morgan fingerprint density at radius 1 is 1.15 bits per heavy atom. The van der Waals surface area contributed by atoms with Crippen LogP contribution >= 0.6 is 0 Å². The van der Waals surface area contributed by atoms with Gasteiger partial charge >= 0.3 is 6.18 Å². The molecule has 0 aromatic heterocycles. The van der Waals surface area contributed by atoms with Gasteiger partial charge in [-0.15, -0.1) is 0 Å². The summed E-state index contributed by atoms with van der Waals surface area (Å²) >= 11 is 0. The number of carbonyl (C=O) groups excluding carboxylic acids is 1. The quantitative estimate of drug-likeness (QED) is 0.807. The van der Waals surface area contributed by atoms with Crippen LogP contribution in [-0.4, -0.2) is 36.1 Å². The molecule has 1 heterocycles. The summed E-state index contributed by atoms with van der Waals surface area (Å²) in [6, 6.07) is 0.157. The monoisotopic (exact) mass is 292 g/mol. The third kappa shape index (κ3) is 3.45. The molecule has 1 saturated heterocycles. The van der Waals surface area contributed by atoms with E-state index >= 15 is 0 Å². The van der Waals surface area contributed by atoms with Crippen molar-refractivity contribution in [2.45, 2.75) is 51.2 Å². The second-order valence-electron chi connectivity index (χ2n) is 6.30. The topological polar surface area (TPSA) is 46.3 Å². The van der Waals surface area contributed by atoms with Crippen molar-refractivity contribution in [2.24, 2.45) is 23.5 Å². The Balaban J connectivity index is 1.89. The van der Waals surface area contributed by atoms with Crippen LogP contribution < -0.4 is 5.73 Å². The van der Waals surface area contributed by atoms with Crippen molar-refractivity contribution in [2.75, 3.05) is 13.1 Å². The van der Waals surface area contributed by atoms with Crippen molar-refractivity contribution in [3.05, 3.63) is 0 Å². The van der Waals surface area contributed by atoms with Crippen molar-refractivity contribution in [3.8, 4) is 0 Å². The van der Waals surface area contributed by atoms with E-state index in [1.54, 1.807) is 4.90 Å². The summed E-state index contributed by atoms with van der Waals surface area (Å²) in [4.78, 5) is 14.1. The molecular weight excluding hydrogens is 269 g/mol. The van der Waals surface area contributed by atoms with E-state index in [1.807, 2.05) is 6.92 Å². The molecule has 2 rings (SSSR count). The number of amides is 1. The lowest BCUT2D eigenvalue weighted by atomic mass is 9.77. The summed E-state index contributed by atoms with van der Waals surface area (Å²) < 4.78 is 37.8. The van der Waals surface area contributed by atoms with Gasteiger partial charge < -0.3 is 10.6 Å². The summed E-state index contributed by atoms with van der Waals surface area (Å²) in [5, 5.41) is 0. The van der Waals surface area contributed by atoms with Gasteiger partial charge in [-0.05, 0) is 38.0 Å². The maximum absolute atomic E-state index is 12.6. The van der Waals surface area contributed by atoms with Crippen molar-refractivity contribution < 1.29 is 18.0 Å². The Morgan fingerprint density at radius 2 is 1.75 bits per heavy atom. The number of carbonyl (C=O) groups is 1. The highest BCUT2D eigenvalue weighted by Crippen LogP contribution is 2.36. The molecule has 3 nitrogen and oxygen atoms in total. The van der Waals surface area contributed by atoms with Crippen LogP contribution in [0.2, 0.25) is 0 Å². The molecule has 1 aliphatic heterocycles. The van der Waals surface area contributed by atoms with Crippen molar-refractivity contribution >= 4 is 5.91 Å². The lowest BCUT2D eigenvalue weighted by Crippen LogP contribution is -2.47. The third-order valence-electron chi connectivity index (χ3n) is 4.80. The van der Waals surface area contributed by atoms with Gasteiger partial charge in [0.25, 0.3) is 0 Å². The smallest absolute Gasteiger partial charge is 0.342 e. The first-order valence-corrected chi connectivity index (χ1v) is 7.40. The van der Waals surface area contributed by atoms with E-state index in [0.717, 1.165) is 19.3 Å². The fraction of sp³-hybridized carbons (Fsp3) is 0.929. The van der Waals surface area contributed by atoms with Crippen molar-refractivity contribution in [1.82, 2.24) is 4.90 Å². The minimum atomic E-state index is -4.12. The molecule has 3 atom stereocenters. The Labute approximate surface area is 117 Å². The van der Waals surface area contributed by atoms with Gasteiger partial charge in [-0.2, -0.15) is 13.2 Å². The number of piperidine rings is 1. The van der Waals surface area contributed by atoms with Gasteiger partial charge in [0, 0.05) is 25.0 Å². The first kappa shape index (κ1) is 15.6. The number of likely N-dealkylation sites (tertiary alicyclic amines) is 1. The molecule has 3 unspecified atom stereocenters. The molecule has 1 saturated carbocycles. The van der Waals surface area contributed by atoms with E-state index in [-0.39, 0.29) is 49.7 Å². The summed E-state index contributed by atoms with van der Waals surface area (Å²) in [6.07, 6.45) is -1.62. The summed E-state index contributed by atoms with van der Waals surface area (Å²) in [5.41, 5.74) is 5.88. The van der Waals surface area contributed by atoms with Gasteiger partial charge in [0.05, 0.1) is 5.92 Å². The molecule has 20 heavy (non-hydrogen) atoms. The largest absolute Gasteiger partial charge is 0.391 e. The number of nitrogens with zero attached hydrogens (tertiary/aromatic N) is 1. The molecule has 0 bridgehead atoms. The molecule has 0 radical (unpaired) electrons. The van der Waals surface area contributed by atoms with Crippen LogP contribution in [0.5, 0.6) is 0 Å². The molecule has 0 aromatic carbocycles. The standard InChI is InChI=1S/C14H23F3N2O/c1-9-8-11(18)2-3-12(9)13(20)19-6-4-10(5-7-19)14(15,16)17/h9-12H,2-8,18H2,1H3. The maximum Gasteiger partial charge on any atom is 0.391 e. The number of halogens is 3. The second kappa shape index (κ2) is 5.92. The lowest BCUT2D eigenvalue weighted by molar-refractivity contribution is -0.187. The highest BCUT2D eigenvalue weighted by molar-refractivity contribution is 5.79. The normalized spacial score (nSPS) is 33.2. The van der Waals surface area contributed by atoms with Crippen molar-refractivity contribution in [3.63, 3.8) is 0 Å². The fourth-order valence-corrected chi connectivity index (χ4v) is 3.47. The maximum atomic E-state index is 12.6. The van der Waals surface area contributed by atoms with E-state index < -0.39 is 12.1 Å². The Bertz CT molecular complexity index is 351. The molecule has 1 aliphatic carbocycles. The molecule has 0 aromatic rings. The van der Waals surface area contributed by atoms with Crippen LogP contribution in [0.3, 0.4) is 0 Å². The van der Waals surface area contributed by atoms with Gasteiger partial charge in [0.1, 0.15) is 0 Å². The highest BCUT2D eigenvalue weighted by atomic mass is 19.4. The molecule has 6 heteroatoms. The first-order valence-electron chi connectivity index (χ1n) is 7.40. The van der Waals surface area contributed by atoms with Gasteiger partial charge in [-0.25, -0.2) is 0 Å². The number of alkyl halides is 3. The Hall–Kier alpha value is -0.780. The van der Waals surface area contributed by atoms with E-state index in [2.05, 4.69) is 0 Å². The average molecular weight is 292 g/mol. The molecule has 116 valence electrons. The van der Waals surface area contributed by atoms with Crippen LogP contribution in [-0.2, 0) is 4.79 Å². The van der Waals surface area contributed by atoms with Gasteiger partial charge in [0.15, 0.2) is 0 Å². The molecule has 0 spiro atoms. The summed E-state index contributed by atoms with van der Waals surface area (Å²) in [5.74, 6) is -1.04. The van der Waals surface area contributed by atoms with Gasteiger partial charge in [-0.3, -0.25) is 4.79 Å². The highest BCUT2D eigenvalue weighted by Gasteiger charge is 2.43. The Morgan fingerprint density at radius 3 is 2.25 bits per heavy atom. The van der Waals surface area contributed by atoms with E-state index in [1.165, 1.54) is 0 Å². The number of hydrogen-bond acceptors (Lipinski definition) is 2. The van der Waals surface area contributed by atoms with Crippen molar-refractivity contribution in [1.29, 1.82) is 0 Å². The second-order valence-corrected chi connectivity index (χ2v) is 6.30. The van der Waals surface area contributed by atoms with Crippen LogP contribution in [0.4, 0.5) is 13.2 Å². The molecule has 2 aliphatic rings. The number of rotatable bonds is 1. The van der Waals surface area contributed by atoms with Crippen LogP contribution in [0.1, 0.15) is 39.0 Å². The fourth-order valence-electron chi connectivity index (χ4n) is 3.47. The minimum absolute atomic E-state index is 0.0324. The zero-order chi connectivity index (χ0) is 14.9. The summed E-state index contributed by atoms with van der Waals surface area (Å²) in [6.45, 7) is 2.49. The minimum Gasteiger partial charge on any atom is -0.342 e. The van der Waals surface area contributed by atoms with E-state index in [0.29, 0.717) is 0 Å². The van der Waals surface area contributed by atoms with E-state index in [4.69, 9.17) is 5.73 Å². The van der Waals surface area contributed by atoms with Gasteiger partial charge in [0.2, 0.25) is 5.91 Å². The zero-order valence-corrected chi connectivity index (χ0v) is 11.8. The molecule has 2 N–H and O–H groups in total. The average Bonchev–Trinajstić information content (AvgIpc) is 2.37. The Kier molecular flexibility index (Phi) is 4.62. The van der Waals surface area contributed by atoms with Crippen LogP contribution in [0.25, 0.3) is 0 Å². The third-order valence-corrected chi connectivity index (χ3v) is 4.80.